The number of halogens is 1. The van der Waals surface area contributed by atoms with E-state index < -0.39 is 0 Å². The molecule has 1 atom stereocenters. The molecule has 1 aliphatic heterocycles. The first-order valence-corrected chi connectivity index (χ1v) is 6.67. The third kappa shape index (κ3) is 2.00. The highest BCUT2D eigenvalue weighted by Gasteiger charge is 2.20. The number of fused-ring (bicyclic) bond motifs is 1. The van der Waals surface area contributed by atoms with Gasteiger partial charge in [0.2, 0.25) is 0 Å². The van der Waals surface area contributed by atoms with Crippen LogP contribution < -0.4 is 4.90 Å². The Balaban J connectivity index is 2.25. The van der Waals surface area contributed by atoms with Crippen LogP contribution in [0.4, 0.5) is 5.69 Å². The van der Waals surface area contributed by atoms with Crippen molar-refractivity contribution in [3.05, 3.63) is 29.3 Å². The minimum absolute atomic E-state index is 0.258. The Morgan fingerprint density at radius 3 is 2.74 bits per heavy atom. The fraction of sp³-hybridized carbons (Fsp3) is 0.357. The van der Waals surface area contributed by atoms with Crippen molar-refractivity contribution in [1.82, 2.24) is 9.97 Å². The van der Waals surface area contributed by atoms with Crippen molar-refractivity contribution in [2.75, 3.05) is 18.0 Å². The van der Waals surface area contributed by atoms with E-state index in [0.29, 0.717) is 5.15 Å². The van der Waals surface area contributed by atoms with Gasteiger partial charge in [0, 0.05) is 30.1 Å². The molecule has 1 aliphatic rings. The van der Waals surface area contributed by atoms with Crippen molar-refractivity contribution >= 4 is 28.1 Å². The average molecular weight is 273 g/mol. The van der Waals surface area contributed by atoms with Crippen molar-refractivity contribution in [1.29, 1.82) is 5.26 Å². The number of hydrogen-bond acceptors (Lipinski definition) is 4. The lowest BCUT2D eigenvalue weighted by Gasteiger charge is -2.34. The van der Waals surface area contributed by atoms with Crippen LogP contribution in [-0.4, -0.2) is 23.1 Å². The molecule has 0 aromatic carbocycles. The molecular formula is C14H13ClN4. The van der Waals surface area contributed by atoms with Gasteiger partial charge in [-0.3, -0.25) is 4.98 Å². The molecule has 0 bridgehead atoms. The number of nitriles is 1. The summed E-state index contributed by atoms with van der Waals surface area (Å²) in [6, 6.07) is 4.03. The van der Waals surface area contributed by atoms with E-state index in [2.05, 4.69) is 20.9 Å². The van der Waals surface area contributed by atoms with E-state index >= 15 is 0 Å². The van der Waals surface area contributed by atoms with Gasteiger partial charge in [-0.25, -0.2) is 4.98 Å². The lowest BCUT2D eigenvalue weighted by Crippen LogP contribution is -2.37. The summed E-state index contributed by atoms with van der Waals surface area (Å²) in [5, 5.41) is 11.5. The molecule has 4 nitrogen and oxygen atoms in total. The van der Waals surface area contributed by atoms with E-state index in [9.17, 15) is 0 Å². The zero-order valence-corrected chi connectivity index (χ0v) is 11.4. The van der Waals surface area contributed by atoms with Gasteiger partial charge in [0.15, 0.2) is 0 Å². The van der Waals surface area contributed by atoms with Crippen molar-refractivity contribution in [2.45, 2.75) is 19.3 Å². The summed E-state index contributed by atoms with van der Waals surface area (Å²) in [4.78, 5) is 10.9. The van der Waals surface area contributed by atoms with Crippen LogP contribution in [0.5, 0.6) is 0 Å². The van der Waals surface area contributed by atoms with Crippen molar-refractivity contribution in [2.24, 2.45) is 0 Å². The highest BCUT2D eigenvalue weighted by molar-refractivity contribution is 6.30. The van der Waals surface area contributed by atoms with Crippen LogP contribution in [0.3, 0.4) is 0 Å². The first-order valence-electron chi connectivity index (χ1n) is 6.29. The molecule has 2 aromatic rings. The van der Waals surface area contributed by atoms with Gasteiger partial charge in [-0.05, 0) is 19.4 Å². The summed E-state index contributed by atoms with van der Waals surface area (Å²) in [7, 11) is 0. The Hall–Kier alpha value is -1.86. The Morgan fingerprint density at radius 1 is 1.32 bits per heavy atom. The molecule has 3 rings (SSSR count). The molecule has 0 N–H and O–H groups in total. The topological polar surface area (TPSA) is 52.8 Å². The predicted octanol–water partition coefficient (Wildman–Crippen LogP) is 3.12. The first kappa shape index (κ1) is 12.2. The summed E-state index contributed by atoms with van der Waals surface area (Å²) < 4.78 is 0. The lowest BCUT2D eigenvalue weighted by molar-refractivity contribution is 0.618. The standard InChI is InChI=1S/C14H13ClN4/c1-9(6-16)14-10-5-13(15)17-7-11(10)12(8-18-14)19-3-2-4-19/h5,7-9H,2-4H2,1H3. The molecule has 0 aliphatic carbocycles. The number of aromatic nitrogens is 2. The number of pyridine rings is 2. The van der Waals surface area contributed by atoms with Crippen LogP contribution >= 0.6 is 11.6 Å². The number of rotatable bonds is 2. The molecule has 5 heteroatoms. The van der Waals surface area contributed by atoms with E-state index in [1.54, 1.807) is 12.3 Å². The van der Waals surface area contributed by atoms with Crippen LogP contribution in [0.15, 0.2) is 18.5 Å². The van der Waals surface area contributed by atoms with Crippen LogP contribution in [0.2, 0.25) is 5.15 Å². The van der Waals surface area contributed by atoms with Crippen LogP contribution in [0, 0.1) is 11.3 Å². The Bertz CT molecular complexity index is 673. The molecule has 96 valence electrons. The van der Waals surface area contributed by atoms with Gasteiger partial charge in [-0.2, -0.15) is 5.26 Å². The lowest BCUT2D eigenvalue weighted by atomic mass is 10.0. The van der Waals surface area contributed by atoms with Gasteiger partial charge in [-0.1, -0.05) is 11.6 Å². The summed E-state index contributed by atoms with van der Waals surface area (Å²) in [5.41, 5.74) is 1.85. The molecule has 1 unspecified atom stereocenters. The van der Waals surface area contributed by atoms with E-state index in [1.165, 1.54) is 6.42 Å². The zero-order valence-electron chi connectivity index (χ0n) is 10.6. The summed E-state index contributed by atoms with van der Waals surface area (Å²) in [5.74, 6) is -0.258. The normalized spacial score (nSPS) is 15.9. The van der Waals surface area contributed by atoms with E-state index in [4.69, 9.17) is 16.9 Å². The van der Waals surface area contributed by atoms with Crippen LogP contribution in [0.25, 0.3) is 10.8 Å². The second-order valence-electron chi connectivity index (χ2n) is 4.77. The largest absolute Gasteiger partial charge is 0.370 e. The molecule has 2 aromatic heterocycles. The maximum Gasteiger partial charge on any atom is 0.129 e. The molecule has 0 spiro atoms. The van der Waals surface area contributed by atoms with Gasteiger partial charge in [0.05, 0.1) is 29.6 Å². The van der Waals surface area contributed by atoms with E-state index in [1.807, 2.05) is 13.1 Å². The molecule has 0 saturated carbocycles. The van der Waals surface area contributed by atoms with Gasteiger partial charge in [0.25, 0.3) is 0 Å². The summed E-state index contributed by atoms with van der Waals surface area (Å²) in [6.45, 7) is 3.94. The Kier molecular flexibility index (Phi) is 3.00. The number of anilines is 1. The highest BCUT2D eigenvalue weighted by atomic mass is 35.5. The zero-order chi connectivity index (χ0) is 13.4. The van der Waals surface area contributed by atoms with Crippen molar-refractivity contribution in [3.8, 4) is 6.07 Å². The van der Waals surface area contributed by atoms with E-state index in [0.717, 1.165) is 35.2 Å². The van der Waals surface area contributed by atoms with Crippen molar-refractivity contribution < 1.29 is 0 Å². The third-order valence-electron chi connectivity index (χ3n) is 3.55. The molecule has 3 heterocycles. The Morgan fingerprint density at radius 2 is 2.11 bits per heavy atom. The minimum Gasteiger partial charge on any atom is -0.370 e. The second-order valence-corrected chi connectivity index (χ2v) is 5.16. The highest BCUT2D eigenvalue weighted by Crippen LogP contribution is 2.33. The van der Waals surface area contributed by atoms with Gasteiger partial charge < -0.3 is 4.90 Å². The van der Waals surface area contributed by atoms with Gasteiger partial charge >= 0.3 is 0 Å². The SMILES string of the molecule is CC(C#N)c1ncc(N2CCC2)c2cnc(Cl)cc12. The minimum atomic E-state index is -0.258. The summed E-state index contributed by atoms with van der Waals surface area (Å²) >= 11 is 5.98. The molecule has 1 saturated heterocycles. The monoisotopic (exact) mass is 272 g/mol. The predicted molar refractivity (Wildman–Crippen MR) is 75.4 cm³/mol. The van der Waals surface area contributed by atoms with Gasteiger partial charge in [0.1, 0.15) is 5.15 Å². The molecular weight excluding hydrogens is 260 g/mol. The molecule has 0 radical (unpaired) electrons. The fourth-order valence-electron chi connectivity index (χ4n) is 2.33. The van der Waals surface area contributed by atoms with Crippen LogP contribution in [0.1, 0.15) is 25.0 Å². The molecule has 1 fully saturated rings. The molecule has 0 amide bonds. The third-order valence-corrected chi connectivity index (χ3v) is 3.76. The first-order chi connectivity index (χ1) is 9.20. The van der Waals surface area contributed by atoms with E-state index in [-0.39, 0.29) is 5.92 Å². The van der Waals surface area contributed by atoms with Gasteiger partial charge in [-0.15, -0.1) is 0 Å². The van der Waals surface area contributed by atoms with Crippen molar-refractivity contribution in [3.63, 3.8) is 0 Å². The molecule has 19 heavy (non-hydrogen) atoms. The smallest absolute Gasteiger partial charge is 0.129 e. The second kappa shape index (κ2) is 4.67. The maximum absolute atomic E-state index is 9.10. The maximum atomic E-state index is 9.10. The fourth-order valence-corrected chi connectivity index (χ4v) is 2.49. The average Bonchev–Trinajstić information content (AvgIpc) is 2.36. The Labute approximate surface area is 116 Å². The quantitative estimate of drug-likeness (QED) is 0.788. The number of nitrogens with zero attached hydrogens (tertiary/aromatic N) is 4. The summed E-state index contributed by atoms with van der Waals surface area (Å²) in [6.07, 6.45) is 4.83. The van der Waals surface area contributed by atoms with Crippen LogP contribution in [-0.2, 0) is 0 Å². The number of hydrogen-bond donors (Lipinski definition) is 0.